The van der Waals surface area contributed by atoms with Crippen LogP contribution in [0.1, 0.15) is 58.9 Å². The second-order valence-electron chi connectivity index (χ2n) is 12.3. The van der Waals surface area contributed by atoms with Crippen molar-refractivity contribution in [2.24, 2.45) is 17.6 Å². The predicted molar refractivity (Wildman–Crippen MR) is 176 cm³/mol. The van der Waals surface area contributed by atoms with Crippen LogP contribution in [0.4, 0.5) is 0 Å². The fourth-order valence-corrected chi connectivity index (χ4v) is 6.03. The first-order chi connectivity index (χ1) is 21.9. The molecule has 0 aromatic heterocycles. The average Bonchev–Trinajstić information content (AvgIpc) is 3.47. The van der Waals surface area contributed by atoms with Crippen LogP contribution in [0.15, 0.2) is 24.3 Å². The number of hydrogen-bond donors (Lipinski definition) is 7. The van der Waals surface area contributed by atoms with E-state index < -0.39 is 67.6 Å². The summed E-state index contributed by atoms with van der Waals surface area (Å²) in [6.07, 6.45) is 3.27. The van der Waals surface area contributed by atoms with Gasteiger partial charge in [0.15, 0.2) is 0 Å². The summed E-state index contributed by atoms with van der Waals surface area (Å²) in [4.78, 5) is 84.4. The average molecular weight is 702 g/mol. The fourth-order valence-electron chi connectivity index (χ4n) is 5.16. The summed E-state index contributed by atoms with van der Waals surface area (Å²) >= 11 is 1.47. The minimum atomic E-state index is -4.72. The van der Waals surface area contributed by atoms with Crippen LogP contribution in [0.2, 0.25) is 0 Å². The number of carboxylic acids is 1. The summed E-state index contributed by atoms with van der Waals surface area (Å²) in [6.45, 7) is 7.45. The molecular weight excluding hydrogens is 653 g/mol. The van der Waals surface area contributed by atoms with Gasteiger partial charge in [0.2, 0.25) is 23.6 Å². The number of nitrogens with zero attached hydrogens (tertiary/aromatic N) is 1. The Morgan fingerprint density at radius 1 is 1.02 bits per heavy atom. The molecule has 0 unspecified atom stereocenters. The molecule has 0 aliphatic carbocycles. The van der Waals surface area contributed by atoms with E-state index in [0.717, 1.165) is 0 Å². The van der Waals surface area contributed by atoms with E-state index in [1.807, 2.05) is 20.1 Å². The zero-order valence-corrected chi connectivity index (χ0v) is 29.1. The maximum Gasteiger partial charge on any atom is 0.524 e. The van der Waals surface area contributed by atoms with Gasteiger partial charge in [-0.1, -0.05) is 39.8 Å². The third-order valence-electron chi connectivity index (χ3n) is 7.57. The number of carbonyl (C=O) groups is 5. The van der Waals surface area contributed by atoms with E-state index in [1.54, 1.807) is 13.8 Å². The molecule has 2 rings (SSSR count). The number of rotatable bonds is 18. The lowest BCUT2D eigenvalue weighted by atomic mass is 10.00. The highest BCUT2D eigenvalue weighted by molar-refractivity contribution is 7.98. The molecule has 0 bridgehead atoms. The first kappa shape index (κ1) is 40.0. The topological polar surface area (TPSA) is 238 Å². The van der Waals surface area contributed by atoms with Gasteiger partial charge in [0.05, 0.1) is 6.04 Å². The lowest BCUT2D eigenvalue weighted by molar-refractivity contribution is -0.144. The Labute approximate surface area is 279 Å². The summed E-state index contributed by atoms with van der Waals surface area (Å²) in [7, 11) is -4.72. The van der Waals surface area contributed by atoms with Gasteiger partial charge in [0, 0.05) is 6.54 Å². The number of nitrogens with two attached hydrogens (primary N) is 1. The molecule has 4 amide bonds. The Morgan fingerprint density at radius 3 is 2.19 bits per heavy atom. The van der Waals surface area contributed by atoms with Crippen molar-refractivity contribution in [2.75, 3.05) is 18.6 Å². The third kappa shape index (κ3) is 13.1. The van der Waals surface area contributed by atoms with Crippen molar-refractivity contribution >= 4 is 49.2 Å². The number of aliphatic carboxylic acids is 1. The number of phosphoric ester groups is 1. The maximum atomic E-state index is 13.7. The molecule has 1 aromatic carbocycles. The van der Waals surface area contributed by atoms with Crippen LogP contribution in [-0.4, -0.2) is 98.2 Å². The third-order valence-corrected chi connectivity index (χ3v) is 8.67. The monoisotopic (exact) mass is 701 g/mol. The van der Waals surface area contributed by atoms with Crippen LogP contribution in [0.3, 0.4) is 0 Å². The second kappa shape index (κ2) is 18.4. The Morgan fingerprint density at radius 2 is 1.66 bits per heavy atom. The van der Waals surface area contributed by atoms with Crippen molar-refractivity contribution in [1.82, 2.24) is 20.9 Å². The van der Waals surface area contributed by atoms with E-state index >= 15 is 0 Å². The van der Waals surface area contributed by atoms with Crippen LogP contribution < -0.4 is 26.2 Å². The number of thioether (sulfide) groups is 1. The second-order valence-corrected chi connectivity index (χ2v) is 14.5. The number of carboxylic acid groups (broad SMARTS) is 1. The highest BCUT2D eigenvalue weighted by Gasteiger charge is 2.40. The Kier molecular flexibility index (Phi) is 15.7. The van der Waals surface area contributed by atoms with Crippen molar-refractivity contribution < 1.29 is 48.0 Å². The van der Waals surface area contributed by atoms with E-state index in [2.05, 4.69) is 20.5 Å². The van der Waals surface area contributed by atoms with Crippen LogP contribution in [0, 0.1) is 11.8 Å². The highest BCUT2D eigenvalue weighted by Crippen LogP contribution is 2.37. The summed E-state index contributed by atoms with van der Waals surface area (Å²) in [6, 6.07) is 0.637. The number of amides is 4. The number of phosphoric acid groups is 1. The van der Waals surface area contributed by atoms with Crippen LogP contribution in [-0.2, 0) is 35.0 Å². The van der Waals surface area contributed by atoms with Gasteiger partial charge in [-0.3, -0.25) is 29.0 Å². The minimum Gasteiger partial charge on any atom is -0.480 e. The maximum absolute atomic E-state index is 13.7. The summed E-state index contributed by atoms with van der Waals surface area (Å²) in [5.41, 5.74) is 6.73. The molecule has 1 aliphatic heterocycles. The molecule has 8 N–H and O–H groups in total. The molecule has 0 radical (unpaired) electrons. The molecule has 17 heteroatoms. The Bertz CT molecular complexity index is 1290. The zero-order chi connectivity index (χ0) is 35.5. The van der Waals surface area contributed by atoms with Gasteiger partial charge in [-0.15, -0.1) is 0 Å². The Balaban J connectivity index is 2.11. The molecule has 1 fully saturated rings. The van der Waals surface area contributed by atoms with E-state index in [-0.39, 0.29) is 43.4 Å². The largest absolute Gasteiger partial charge is 0.524 e. The molecular formula is C30H48N5O10PS. The van der Waals surface area contributed by atoms with Crippen molar-refractivity contribution in [2.45, 2.75) is 90.0 Å². The van der Waals surface area contributed by atoms with E-state index in [4.69, 9.17) is 15.5 Å². The van der Waals surface area contributed by atoms with Gasteiger partial charge in [0.25, 0.3) is 0 Å². The molecule has 0 saturated carbocycles. The molecule has 15 nitrogen and oxygen atoms in total. The zero-order valence-electron chi connectivity index (χ0n) is 27.4. The Hall–Kier alpha value is -3.17. The summed E-state index contributed by atoms with van der Waals surface area (Å²) in [5.74, 6) is -3.25. The smallest absolute Gasteiger partial charge is 0.480 e. The molecule has 1 heterocycles. The van der Waals surface area contributed by atoms with Crippen molar-refractivity contribution in [3.63, 3.8) is 0 Å². The van der Waals surface area contributed by atoms with Crippen molar-refractivity contribution in [3.8, 4) is 5.75 Å². The van der Waals surface area contributed by atoms with Gasteiger partial charge in [-0.25, -0.2) is 9.36 Å². The van der Waals surface area contributed by atoms with Crippen LogP contribution >= 0.6 is 19.6 Å². The van der Waals surface area contributed by atoms with Gasteiger partial charge >= 0.3 is 13.8 Å². The van der Waals surface area contributed by atoms with Gasteiger partial charge in [-0.05, 0) is 73.6 Å². The van der Waals surface area contributed by atoms with Crippen LogP contribution in [0.5, 0.6) is 5.75 Å². The van der Waals surface area contributed by atoms with Crippen LogP contribution in [0.25, 0.3) is 0 Å². The van der Waals surface area contributed by atoms with E-state index in [0.29, 0.717) is 24.2 Å². The van der Waals surface area contributed by atoms with E-state index in [1.165, 1.54) is 40.9 Å². The molecule has 47 heavy (non-hydrogen) atoms. The molecule has 1 aliphatic rings. The van der Waals surface area contributed by atoms with Crippen molar-refractivity contribution in [1.29, 1.82) is 0 Å². The quantitative estimate of drug-likeness (QED) is 0.106. The first-order valence-corrected chi connectivity index (χ1v) is 18.4. The fraction of sp³-hybridized carbons (Fsp3) is 0.633. The molecule has 1 aromatic rings. The summed E-state index contributed by atoms with van der Waals surface area (Å²) < 4.78 is 15.5. The lowest BCUT2D eigenvalue weighted by Crippen LogP contribution is -2.59. The van der Waals surface area contributed by atoms with E-state index in [9.17, 15) is 33.6 Å². The molecule has 1 saturated heterocycles. The number of carbonyl (C=O) groups excluding carboxylic acids is 4. The SMILES string of the molecule is CSCC[C@H](NC(=O)[C@@H]1CCCN1C(=O)[C@@H](NC(=O)[C@@H](N)Cc1ccc(OP(=O)(O)O)cc1)C(C)C)C(=O)N[C@@H](CC(C)C)C(=O)O. The van der Waals surface area contributed by atoms with Crippen molar-refractivity contribution in [3.05, 3.63) is 29.8 Å². The number of likely N-dealkylation sites (tertiary alicyclic amines) is 1. The molecule has 0 spiro atoms. The number of nitrogens with one attached hydrogen (secondary N) is 3. The lowest BCUT2D eigenvalue weighted by Gasteiger charge is -2.32. The van der Waals surface area contributed by atoms with Gasteiger partial charge in [-0.2, -0.15) is 11.8 Å². The first-order valence-electron chi connectivity index (χ1n) is 15.5. The normalized spacial score (nSPS) is 17.5. The highest BCUT2D eigenvalue weighted by atomic mass is 32.2. The molecule has 5 atom stereocenters. The predicted octanol–water partition coefficient (Wildman–Crippen LogP) is 1.01. The number of hydrogen-bond acceptors (Lipinski definition) is 9. The summed E-state index contributed by atoms with van der Waals surface area (Å²) in [5, 5.41) is 17.6. The standard InChI is InChI=1S/C30H48N5O10PS/c1-17(2)15-23(30(40)41)33-27(37)22(12-14-47-5)32-28(38)24-7-6-13-35(24)29(39)25(18(3)4)34-26(36)21(31)16-19-8-10-20(11-9-19)45-46(42,43)44/h8-11,17-18,21-25H,6-7,12-16,31H2,1-5H3,(H,32,38)(H,33,37)(H,34,36)(H,40,41)(H2,42,43,44)/t21-,22-,23-,24-,25-/m0/s1. The minimum absolute atomic E-state index is 0.0159. The van der Waals surface area contributed by atoms with Gasteiger partial charge in [0.1, 0.15) is 29.9 Å². The number of benzene rings is 1. The molecule has 264 valence electrons. The van der Waals surface area contributed by atoms with Gasteiger partial charge < -0.3 is 36.2 Å².